The van der Waals surface area contributed by atoms with E-state index < -0.39 is 0 Å². The van der Waals surface area contributed by atoms with Crippen molar-refractivity contribution in [2.45, 2.75) is 0 Å². The molecule has 122 valence electrons. The topological polar surface area (TPSA) is 80.6 Å². The van der Waals surface area contributed by atoms with Crippen molar-refractivity contribution in [2.75, 3.05) is 5.73 Å². The molecule has 2 aromatic carbocycles. The van der Waals surface area contributed by atoms with Crippen molar-refractivity contribution >= 4 is 34.5 Å². The molecule has 0 aliphatic heterocycles. The molecule has 0 unspecified atom stereocenters. The van der Waals surface area contributed by atoms with Crippen LogP contribution in [0.5, 0.6) is 0 Å². The molecule has 6 heteroatoms. The number of halogens is 1. The Morgan fingerprint density at radius 2 is 1.80 bits per heavy atom. The first-order valence-electron chi connectivity index (χ1n) is 7.67. The Labute approximate surface area is 149 Å². The number of nitrogens with two attached hydrogens (primary N) is 1. The van der Waals surface area contributed by atoms with Crippen LogP contribution in [0.1, 0.15) is 5.56 Å². The van der Waals surface area contributed by atoms with E-state index in [0.29, 0.717) is 16.4 Å². The first-order valence-corrected chi connectivity index (χ1v) is 8.05. The molecular formula is C19H14ClN5. The molecule has 0 amide bonds. The summed E-state index contributed by atoms with van der Waals surface area (Å²) in [5.41, 5.74) is 11.5. The van der Waals surface area contributed by atoms with Gasteiger partial charge in [-0.15, -0.1) is 0 Å². The summed E-state index contributed by atoms with van der Waals surface area (Å²) < 4.78 is 1.96. The lowest BCUT2D eigenvalue weighted by Gasteiger charge is -2.06. The number of rotatable bonds is 3. The minimum absolute atomic E-state index is 0.377. The van der Waals surface area contributed by atoms with E-state index in [4.69, 9.17) is 22.7 Å². The fourth-order valence-corrected chi connectivity index (χ4v) is 3.18. The number of nitrogen functional groups attached to an aromatic ring is 1. The van der Waals surface area contributed by atoms with Crippen LogP contribution in [0, 0.1) is 5.41 Å². The molecule has 0 spiro atoms. The molecule has 0 fully saturated rings. The van der Waals surface area contributed by atoms with E-state index in [9.17, 15) is 0 Å². The average Bonchev–Trinajstić information content (AvgIpc) is 3.03. The first-order chi connectivity index (χ1) is 12.2. The number of anilines is 1. The highest BCUT2D eigenvalue weighted by molar-refractivity contribution is 6.34. The Kier molecular flexibility index (Phi) is 3.71. The smallest absolute Gasteiger partial charge is 0.157 e. The van der Waals surface area contributed by atoms with Gasteiger partial charge in [0.1, 0.15) is 17.4 Å². The number of nitrogens with zero attached hydrogens (tertiary/aromatic N) is 3. The van der Waals surface area contributed by atoms with Crippen LogP contribution < -0.4 is 5.73 Å². The van der Waals surface area contributed by atoms with Crippen molar-refractivity contribution in [3.8, 4) is 16.8 Å². The lowest BCUT2D eigenvalue weighted by molar-refractivity contribution is 1.11. The Bertz CT molecular complexity index is 1090. The fraction of sp³-hybridized carbons (Fsp3) is 0. The van der Waals surface area contributed by atoms with Gasteiger partial charge in [-0.3, -0.25) is 0 Å². The number of para-hydroxylation sites is 2. The molecule has 3 N–H and O–H groups in total. The van der Waals surface area contributed by atoms with E-state index in [1.54, 1.807) is 0 Å². The molecule has 0 atom stereocenters. The van der Waals surface area contributed by atoms with Crippen molar-refractivity contribution in [1.82, 2.24) is 14.5 Å². The normalized spacial score (nSPS) is 10.9. The van der Waals surface area contributed by atoms with E-state index >= 15 is 0 Å². The number of hydrogen-bond donors (Lipinski definition) is 2. The van der Waals surface area contributed by atoms with Gasteiger partial charge in [-0.05, 0) is 12.1 Å². The minimum atomic E-state index is 0.377. The van der Waals surface area contributed by atoms with Crippen molar-refractivity contribution in [2.24, 2.45) is 0 Å². The van der Waals surface area contributed by atoms with Crippen LogP contribution in [0.3, 0.4) is 0 Å². The van der Waals surface area contributed by atoms with Crippen LogP contribution >= 0.6 is 11.6 Å². The molecule has 0 aliphatic carbocycles. The van der Waals surface area contributed by atoms with Crippen LogP contribution in [-0.2, 0) is 0 Å². The quantitative estimate of drug-likeness (QED) is 0.329. The van der Waals surface area contributed by atoms with Crippen molar-refractivity contribution < 1.29 is 0 Å². The van der Waals surface area contributed by atoms with Crippen LogP contribution in [0.4, 0.5) is 5.69 Å². The molecule has 2 aromatic heterocycles. The fourth-order valence-electron chi connectivity index (χ4n) is 2.96. The summed E-state index contributed by atoms with van der Waals surface area (Å²) in [6.07, 6.45) is 4.65. The summed E-state index contributed by atoms with van der Waals surface area (Å²) >= 11 is 6.37. The number of benzene rings is 2. The summed E-state index contributed by atoms with van der Waals surface area (Å²) in [4.78, 5) is 8.55. The number of aromatic nitrogens is 3. The second kappa shape index (κ2) is 6.03. The van der Waals surface area contributed by atoms with Gasteiger partial charge in [-0.1, -0.05) is 48.0 Å². The van der Waals surface area contributed by atoms with E-state index in [-0.39, 0.29) is 0 Å². The number of fused-ring (bicyclic) bond motifs is 1. The maximum Gasteiger partial charge on any atom is 0.157 e. The molecule has 0 aliphatic rings. The van der Waals surface area contributed by atoms with Gasteiger partial charge in [0.25, 0.3) is 0 Å². The van der Waals surface area contributed by atoms with Gasteiger partial charge in [-0.2, -0.15) is 0 Å². The highest BCUT2D eigenvalue weighted by Crippen LogP contribution is 2.37. The van der Waals surface area contributed by atoms with E-state index in [1.807, 2.05) is 59.3 Å². The van der Waals surface area contributed by atoms with Gasteiger partial charge in [0, 0.05) is 40.5 Å². The highest BCUT2D eigenvalue weighted by Gasteiger charge is 2.18. The maximum absolute atomic E-state index is 7.52. The summed E-state index contributed by atoms with van der Waals surface area (Å²) in [6, 6.07) is 15.5. The van der Waals surface area contributed by atoms with Gasteiger partial charge in [0.05, 0.1) is 0 Å². The van der Waals surface area contributed by atoms with Crippen LogP contribution in [0.15, 0.2) is 61.1 Å². The van der Waals surface area contributed by atoms with Gasteiger partial charge >= 0.3 is 0 Å². The molecule has 4 rings (SSSR count). The number of hydrogen-bond acceptors (Lipinski definition) is 4. The van der Waals surface area contributed by atoms with E-state index in [2.05, 4.69) is 9.97 Å². The molecule has 4 aromatic rings. The zero-order valence-electron chi connectivity index (χ0n) is 13.1. The van der Waals surface area contributed by atoms with Gasteiger partial charge in [0.2, 0.25) is 0 Å². The molecule has 0 radical (unpaired) electrons. The minimum Gasteiger partial charge on any atom is -0.398 e. The molecular weight excluding hydrogens is 334 g/mol. The van der Waals surface area contributed by atoms with E-state index in [1.165, 1.54) is 12.5 Å². The van der Waals surface area contributed by atoms with Crippen LogP contribution in [-0.4, -0.2) is 20.7 Å². The number of nitrogens with one attached hydrogen (secondary N) is 1. The molecule has 0 bridgehead atoms. The van der Waals surface area contributed by atoms with Gasteiger partial charge in [-0.25, -0.2) is 9.97 Å². The lowest BCUT2D eigenvalue weighted by Crippen LogP contribution is -1.96. The van der Waals surface area contributed by atoms with Crippen molar-refractivity contribution in [3.63, 3.8) is 0 Å². The zero-order valence-corrected chi connectivity index (χ0v) is 13.9. The van der Waals surface area contributed by atoms with Crippen molar-refractivity contribution in [3.05, 3.63) is 71.8 Å². The molecule has 0 saturated carbocycles. The lowest BCUT2D eigenvalue weighted by atomic mass is 10.0. The third-order valence-electron chi connectivity index (χ3n) is 4.15. The zero-order chi connectivity index (χ0) is 17.4. The van der Waals surface area contributed by atoms with Crippen LogP contribution in [0.25, 0.3) is 27.8 Å². The third kappa shape index (κ3) is 2.45. The second-order valence-electron chi connectivity index (χ2n) is 5.56. The molecule has 25 heavy (non-hydrogen) atoms. The SMILES string of the molecule is N=Cc1cccc(-c2cn(-c3ccccc3)c3c(Cl)ncnc23)c1N. The van der Waals surface area contributed by atoms with Gasteiger partial charge < -0.3 is 15.7 Å². The largest absolute Gasteiger partial charge is 0.398 e. The van der Waals surface area contributed by atoms with E-state index in [0.717, 1.165) is 27.8 Å². The third-order valence-corrected chi connectivity index (χ3v) is 4.43. The standard InChI is InChI=1S/C19H14ClN5/c20-19-18-17(23-11-24-19)15(10-25(18)13-6-2-1-3-7-13)14-8-4-5-12(9-21)16(14)22/h1-11,21H,22H2. The Hall–Kier alpha value is -3.18. The predicted molar refractivity (Wildman–Crippen MR) is 102 cm³/mol. The molecule has 0 saturated heterocycles. The molecule has 5 nitrogen and oxygen atoms in total. The van der Waals surface area contributed by atoms with Crippen LogP contribution in [0.2, 0.25) is 5.15 Å². The monoisotopic (exact) mass is 347 g/mol. The predicted octanol–water partition coefficient (Wildman–Crippen LogP) is 4.32. The summed E-state index contributed by atoms with van der Waals surface area (Å²) in [5.74, 6) is 0. The Balaban J connectivity index is 2.07. The average molecular weight is 348 g/mol. The molecule has 2 heterocycles. The van der Waals surface area contributed by atoms with Gasteiger partial charge in [0.15, 0.2) is 5.15 Å². The first kappa shape index (κ1) is 15.4. The summed E-state index contributed by atoms with van der Waals surface area (Å²) in [5, 5.41) is 7.90. The summed E-state index contributed by atoms with van der Waals surface area (Å²) in [7, 11) is 0. The highest BCUT2D eigenvalue weighted by atomic mass is 35.5. The Morgan fingerprint density at radius 3 is 2.56 bits per heavy atom. The maximum atomic E-state index is 7.52. The van der Waals surface area contributed by atoms with Crippen molar-refractivity contribution in [1.29, 1.82) is 5.41 Å². The second-order valence-corrected chi connectivity index (χ2v) is 5.92. The summed E-state index contributed by atoms with van der Waals surface area (Å²) in [6.45, 7) is 0. The Morgan fingerprint density at radius 1 is 1.00 bits per heavy atom.